The number of aromatic nitrogens is 1. The smallest absolute Gasteiger partial charge is 0.273 e. The summed E-state index contributed by atoms with van der Waals surface area (Å²) in [5, 5.41) is 2.58. The molecule has 1 aliphatic rings. The Morgan fingerprint density at radius 3 is 2.85 bits per heavy atom. The van der Waals surface area contributed by atoms with Crippen molar-refractivity contribution in [3.63, 3.8) is 0 Å². The number of nitrogens with two attached hydrogens (primary N) is 1. The van der Waals surface area contributed by atoms with Gasteiger partial charge in [-0.15, -0.1) is 11.3 Å². The third kappa shape index (κ3) is 2.60. The molecule has 1 fully saturated rings. The highest BCUT2D eigenvalue weighted by atomic mass is 32.1. The maximum absolute atomic E-state index is 12.4. The Morgan fingerprint density at radius 2 is 2.35 bits per heavy atom. The van der Waals surface area contributed by atoms with Crippen molar-refractivity contribution in [1.29, 1.82) is 0 Å². The van der Waals surface area contributed by atoms with Gasteiger partial charge in [0.05, 0.1) is 6.10 Å². The van der Waals surface area contributed by atoms with Crippen LogP contribution in [-0.2, 0) is 11.3 Å². The molecule has 0 spiro atoms. The minimum Gasteiger partial charge on any atom is -0.378 e. The number of nitrogens with zero attached hydrogens (tertiary/aromatic N) is 2. The van der Waals surface area contributed by atoms with Crippen molar-refractivity contribution in [3.05, 3.63) is 16.1 Å². The largest absolute Gasteiger partial charge is 0.378 e. The molecular formula is C14H23N3O2S. The van der Waals surface area contributed by atoms with Gasteiger partial charge in [-0.3, -0.25) is 4.79 Å². The Hall–Kier alpha value is -0.980. The van der Waals surface area contributed by atoms with Crippen LogP contribution >= 0.6 is 11.3 Å². The van der Waals surface area contributed by atoms with Gasteiger partial charge < -0.3 is 15.4 Å². The molecule has 1 saturated carbocycles. The molecule has 112 valence electrons. The monoisotopic (exact) mass is 297 g/mol. The Balaban J connectivity index is 2.05. The summed E-state index contributed by atoms with van der Waals surface area (Å²) in [6.45, 7) is 7.39. The Morgan fingerprint density at radius 1 is 1.65 bits per heavy atom. The molecule has 1 amide bonds. The van der Waals surface area contributed by atoms with Crippen molar-refractivity contribution in [2.24, 2.45) is 11.1 Å². The van der Waals surface area contributed by atoms with E-state index < -0.39 is 0 Å². The van der Waals surface area contributed by atoms with Gasteiger partial charge >= 0.3 is 0 Å². The van der Waals surface area contributed by atoms with E-state index >= 15 is 0 Å². The lowest BCUT2D eigenvalue weighted by molar-refractivity contribution is -0.136. The van der Waals surface area contributed by atoms with Gasteiger partial charge in [0.2, 0.25) is 0 Å². The fraction of sp³-hybridized carbons (Fsp3) is 0.714. The average Bonchev–Trinajstić information content (AvgIpc) is 2.90. The van der Waals surface area contributed by atoms with Crippen molar-refractivity contribution in [3.8, 4) is 0 Å². The van der Waals surface area contributed by atoms with Crippen molar-refractivity contribution in [2.75, 3.05) is 13.7 Å². The van der Waals surface area contributed by atoms with Gasteiger partial charge in [-0.1, -0.05) is 13.8 Å². The lowest BCUT2D eigenvalue weighted by atomic mass is 9.63. The summed E-state index contributed by atoms with van der Waals surface area (Å²) >= 11 is 1.43. The van der Waals surface area contributed by atoms with Gasteiger partial charge in [-0.05, 0) is 13.3 Å². The summed E-state index contributed by atoms with van der Waals surface area (Å²) in [6.07, 6.45) is 1.11. The molecule has 2 N–H and O–H groups in total. The van der Waals surface area contributed by atoms with Crippen LogP contribution < -0.4 is 5.73 Å². The lowest BCUT2D eigenvalue weighted by Gasteiger charge is -2.54. The summed E-state index contributed by atoms with van der Waals surface area (Å²) in [5.41, 5.74) is 6.01. The van der Waals surface area contributed by atoms with E-state index in [1.54, 1.807) is 10.3 Å². The summed E-state index contributed by atoms with van der Waals surface area (Å²) in [6, 6.07) is 0.189. The first kappa shape index (κ1) is 15.4. The number of hydrogen-bond donors (Lipinski definition) is 1. The average molecular weight is 297 g/mol. The van der Waals surface area contributed by atoms with Crippen LogP contribution in [0.5, 0.6) is 0 Å². The van der Waals surface area contributed by atoms with E-state index in [-0.39, 0.29) is 23.5 Å². The van der Waals surface area contributed by atoms with Gasteiger partial charge in [-0.25, -0.2) is 4.98 Å². The molecule has 1 aromatic rings. The topological polar surface area (TPSA) is 68.5 Å². The standard InChI is InChI=1S/C14H23N3O2S/c1-5-19-11-6-10(14(11,2)3)17(4)13(18)9-8-20-12(7-15)16-9/h8,10-11H,5-7,15H2,1-4H3/t10-,11+/m0/s1. The molecule has 1 heterocycles. The summed E-state index contributed by atoms with van der Waals surface area (Å²) in [7, 11) is 1.85. The number of carbonyl (C=O) groups excluding carboxylic acids is 1. The predicted molar refractivity (Wildman–Crippen MR) is 79.7 cm³/mol. The second-order valence-corrected chi connectivity index (χ2v) is 6.71. The molecule has 5 nitrogen and oxygen atoms in total. The van der Waals surface area contributed by atoms with Gasteiger partial charge in [0.1, 0.15) is 10.7 Å². The van der Waals surface area contributed by atoms with Crippen molar-refractivity contribution < 1.29 is 9.53 Å². The Labute approximate surface area is 124 Å². The molecule has 2 rings (SSSR count). The molecule has 0 radical (unpaired) electrons. The molecule has 1 aliphatic carbocycles. The van der Waals surface area contributed by atoms with E-state index in [4.69, 9.17) is 10.5 Å². The van der Waals surface area contributed by atoms with Gasteiger partial charge in [-0.2, -0.15) is 0 Å². The zero-order chi connectivity index (χ0) is 14.9. The number of carbonyl (C=O) groups is 1. The Kier molecular flexibility index (Phi) is 4.46. The molecule has 0 saturated heterocycles. The summed E-state index contributed by atoms with van der Waals surface area (Å²) < 4.78 is 5.71. The molecule has 6 heteroatoms. The normalized spacial score (nSPS) is 24.2. The van der Waals surface area contributed by atoms with Gasteiger partial charge in [0.25, 0.3) is 5.91 Å². The highest BCUT2D eigenvalue weighted by molar-refractivity contribution is 7.09. The van der Waals surface area contributed by atoms with Crippen molar-refractivity contribution in [1.82, 2.24) is 9.88 Å². The van der Waals surface area contributed by atoms with Crippen molar-refractivity contribution in [2.45, 2.75) is 45.9 Å². The van der Waals surface area contributed by atoms with Crippen LogP contribution in [0.4, 0.5) is 0 Å². The first-order valence-corrected chi connectivity index (χ1v) is 7.83. The van der Waals surface area contributed by atoms with Crippen LogP contribution in [0.3, 0.4) is 0 Å². The van der Waals surface area contributed by atoms with E-state index in [9.17, 15) is 4.79 Å². The molecule has 1 aromatic heterocycles. The van der Waals surface area contributed by atoms with E-state index in [1.807, 2.05) is 14.0 Å². The maximum Gasteiger partial charge on any atom is 0.273 e. The van der Waals surface area contributed by atoms with E-state index in [0.717, 1.165) is 11.4 Å². The SMILES string of the molecule is CCO[C@@H]1C[C@H](N(C)C(=O)c2csc(CN)n2)C1(C)C. The molecule has 0 unspecified atom stereocenters. The first-order chi connectivity index (χ1) is 9.41. The zero-order valence-corrected chi connectivity index (χ0v) is 13.4. The highest BCUT2D eigenvalue weighted by Crippen LogP contribution is 2.45. The number of hydrogen-bond acceptors (Lipinski definition) is 5. The van der Waals surface area contributed by atoms with Crippen LogP contribution in [0.25, 0.3) is 0 Å². The molecular weight excluding hydrogens is 274 g/mol. The number of rotatable bonds is 5. The van der Waals surface area contributed by atoms with Crippen LogP contribution in [0.1, 0.15) is 42.7 Å². The molecule has 0 bridgehead atoms. The third-order valence-corrected chi connectivity index (χ3v) is 5.10. The molecule has 2 atom stereocenters. The molecule has 0 aliphatic heterocycles. The minimum atomic E-state index is -0.0334. The molecule has 20 heavy (non-hydrogen) atoms. The zero-order valence-electron chi connectivity index (χ0n) is 12.5. The minimum absolute atomic E-state index is 0.0207. The van der Waals surface area contributed by atoms with Gasteiger partial charge in [0, 0.05) is 37.0 Å². The predicted octanol–water partition coefficient (Wildman–Crippen LogP) is 1.88. The van der Waals surface area contributed by atoms with E-state index in [2.05, 4.69) is 18.8 Å². The third-order valence-electron chi connectivity index (χ3n) is 4.23. The number of ether oxygens (including phenoxy) is 1. The van der Waals surface area contributed by atoms with Crippen LogP contribution in [-0.4, -0.2) is 41.6 Å². The van der Waals surface area contributed by atoms with Crippen LogP contribution in [0, 0.1) is 5.41 Å². The fourth-order valence-electron chi connectivity index (χ4n) is 2.83. The number of thiazole rings is 1. The van der Waals surface area contributed by atoms with Crippen LogP contribution in [0.2, 0.25) is 0 Å². The van der Waals surface area contributed by atoms with E-state index in [1.165, 1.54) is 11.3 Å². The second-order valence-electron chi connectivity index (χ2n) is 5.76. The van der Waals surface area contributed by atoms with E-state index in [0.29, 0.717) is 18.8 Å². The van der Waals surface area contributed by atoms with Gasteiger partial charge in [0.15, 0.2) is 0 Å². The maximum atomic E-state index is 12.4. The quantitative estimate of drug-likeness (QED) is 0.901. The van der Waals surface area contributed by atoms with Crippen LogP contribution in [0.15, 0.2) is 5.38 Å². The first-order valence-electron chi connectivity index (χ1n) is 6.95. The summed E-state index contributed by atoms with van der Waals surface area (Å²) in [4.78, 5) is 18.5. The molecule has 0 aromatic carbocycles. The highest BCUT2D eigenvalue weighted by Gasteiger charge is 2.51. The fourth-order valence-corrected chi connectivity index (χ4v) is 3.48. The number of amides is 1. The Bertz CT molecular complexity index is 487. The van der Waals surface area contributed by atoms with Crippen molar-refractivity contribution >= 4 is 17.2 Å². The summed E-state index contributed by atoms with van der Waals surface area (Å²) in [5.74, 6) is -0.0334. The second kappa shape index (κ2) is 5.79. The lowest BCUT2D eigenvalue weighted by Crippen LogP contribution is -2.62.